The predicted molar refractivity (Wildman–Crippen MR) is 71.2 cm³/mol. The molecule has 0 saturated heterocycles. The van der Waals surface area contributed by atoms with Crippen molar-refractivity contribution in [3.05, 3.63) is 28.5 Å². The van der Waals surface area contributed by atoms with Crippen molar-refractivity contribution >= 4 is 22.6 Å². The van der Waals surface area contributed by atoms with E-state index in [0.717, 1.165) is 34.0 Å². The molecule has 0 N–H and O–H groups in total. The highest BCUT2D eigenvalue weighted by Gasteiger charge is 2.10. The van der Waals surface area contributed by atoms with Crippen molar-refractivity contribution in [1.29, 1.82) is 0 Å². The van der Waals surface area contributed by atoms with Crippen LogP contribution in [0.1, 0.15) is 32.2 Å². The smallest absolute Gasteiger partial charge is 0.106 e. The molecule has 0 aliphatic carbocycles. The summed E-state index contributed by atoms with van der Waals surface area (Å²) < 4.78 is 2.14. The van der Waals surface area contributed by atoms with Gasteiger partial charge in [-0.15, -0.1) is 0 Å². The molecule has 0 atom stereocenters. The number of nitrogens with zero attached hydrogens (tertiary/aromatic N) is 2. The van der Waals surface area contributed by atoms with Crippen LogP contribution in [0.2, 0.25) is 5.02 Å². The second-order valence-corrected chi connectivity index (χ2v) is 3.85. The van der Waals surface area contributed by atoms with E-state index in [1.54, 1.807) is 0 Å². The summed E-state index contributed by atoms with van der Waals surface area (Å²) in [4.78, 5) is 4.46. The van der Waals surface area contributed by atoms with Crippen molar-refractivity contribution in [3.63, 3.8) is 0 Å². The minimum atomic E-state index is 0.824. The monoisotopic (exact) mass is 238 g/mol. The van der Waals surface area contributed by atoms with Gasteiger partial charge in [0.05, 0.1) is 16.1 Å². The predicted octanol–water partition coefficient (Wildman–Crippen LogP) is 4.35. The lowest BCUT2D eigenvalue weighted by Gasteiger charge is -2.04. The second-order valence-electron chi connectivity index (χ2n) is 3.47. The first-order valence-corrected chi connectivity index (χ1v) is 6.15. The number of aromatic nitrogens is 2. The Labute approximate surface area is 102 Å². The minimum absolute atomic E-state index is 0.824. The van der Waals surface area contributed by atoms with Crippen LogP contribution < -0.4 is 0 Å². The number of benzene rings is 1. The fourth-order valence-electron chi connectivity index (χ4n) is 1.79. The molecule has 0 spiro atoms. The highest BCUT2D eigenvalue weighted by Crippen LogP contribution is 2.27. The van der Waals surface area contributed by atoms with Gasteiger partial charge in [0.2, 0.25) is 0 Å². The molecular weight excluding hydrogens is 220 g/mol. The SMILES string of the molecule is CC.CCn1c(C)nc2ccc(C)c(Cl)c21. The molecule has 0 bridgehead atoms. The third kappa shape index (κ3) is 2.07. The van der Waals surface area contributed by atoms with Crippen LogP contribution in [0.5, 0.6) is 0 Å². The Morgan fingerprint density at radius 3 is 2.44 bits per heavy atom. The number of fused-ring (bicyclic) bond motifs is 1. The molecule has 16 heavy (non-hydrogen) atoms. The second kappa shape index (κ2) is 5.35. The lowest BCUT2D eigenvalue weighted by atomic mass is 10.2. The van der Waals surface area contributed by atoms with E-state index in [2.05, 4.69) is 16.5 Å². The lowest BCUT2D eigenvalue weighted by molar-refractivity contribution is 0.753. The molecule has 2 nitrogen and oxygen atoms in total. The number of hydrogen-bond acceptors (Lipinski definition) is 1. The Balaban J connectivity index is 0.000000606. The van der Waals surface area contributed by atoms with Gasteiger partial charge in [0.1, 0.15) is 5.82 Å². The molecule has 3 heteroatoms. The Hall–Kier alpha value is -1.02. The van der Waals surface area contributed by atoms with Crippen molar-refractivity contribution in [2.45, 2.75) is 41.2 Å². The molecular formula is C13H19ClN2. The molecule has 0 aliphatic heterocycles. The zero-order valence-electron chi connectivity index (χ0n) is 10.6. The highest BCUT2D eigenvalue weighted by atomic mass is 35.5. The van der Waals surface area contributed by atoms with Crippen LogP contribution in [0.15, 0.2) is 12.1 Å². The summed E-state index contributed by atoms with van der Waals surface area (Å²) in [6.07, 6.45) is 0. The summed E-state index contributed by atoms with van der Waals surface area (Å²) in [6, 6.07) is 4.03. The van der Waals surface area contributed by atoms with Crippen molar-refractivity contribution < 1.29 is 0 Å². The number of hydrogen-bond donors (Lipinski definition) is 0. The van der Waals surface area contributed by atoms with Crippen molar-refractivity contribution in [2.24, 2.45) is 0 Å². The first-order chi connectivity index (χ1) is 7.65. The normalized spacial score (nSPS) is 10.1. The Bertz CT molecular complexity index is 486. The van der Waals surface area contributed by atoms with Gasteiger partial charge in [-0.2, -0.15) is 0 Å². The molecule has 1 aromatic carbocycles. The van der Waals surface area contributed by atoms with E-state index in [0.29, 0.717) is 0 Å². The van der Waals surface area contributed by atoms with Crippen LogP contribution in [-0.4, -0.2) is 9.55 Å². The summed E-state index contributed by atoms with van der Waals surface area (Å²) in [7, 11) is 0. The van der Waals surface area contributed by atoms with Crippen LogP contribution in [0.4, 0.5) is 0 Å². The lowest BCUT2D eigenvalue weighted by Crippen LogP contribution is -1.97. The van der Waals surface area contributed by atoms with Crippen LogP contribution in [0.3, 0.4) is 0 Å². The molecule has 0 aliphatic rings. The topological polar surface area (TPSA) is 17.8 Å². The first-order valence-electron chi connectivity index (χ1n) is 5.77. The third-order valence-electron chi connectivity index (χ3n) is 2.55. The molecule has 2 aromatic rings. The number of rotatable bonds is 1. The average Bonchev–Trinajstić information content (AvgIpc) is 2.63. The van der Waals surface area contributed by atoms with Crippen LogP contribution in [0.25, 0.3) is 11.0 Å². The Morgan fingerprint density at radius 1 is 1.25 bits per heavy atom. The largest absolute Gasteiger partial charge is 0.327 e. The average molecular weight is 239 g/mol. The van der Waals surface area contributed by atoms with Crippen molar-refractivity contribution in [3.8, 4) is 0 Å². The van der Waals surface area contributed by atoms with Gasteiger partial charge in [-0.3, -0.25) is 0 Å². The van der Waals surface area contributed by atoms with E-state index in [9.17, 15) is 0 Å². The van der Waals surface area contributed by atoms with Gasteiger partial charge in [-0.1, -0.05) is 31.5 Å². The van der Waals surface area contributed by atoms with E-state index >= 15 is 0 Å². The molecule has 1 aromatic heterocycles. The molecule has 0 amide bonds. The van der Waals surface area contributed by atoms with Gasteiger partial charge in [0.25, 0.3) is 0 Å². The van der Waals surface area contributed by atoms with E-state index in [-0.39, 0.29) is 0 Å². The van der Waals surface area contributed by atoms with Gasteiger partial charge in [-0.05, 0) is 32.4 Å². The maximum absolute atomic E-state index is 6.26. The fraction of sp³-hybridized carbons (Fsp3) is 0.462. The summed E-state index contributed by atoms with van der Waals surface area (Å²) in [5.41, 5.74) is 3.15. The van der Waals surface area contributed by atoms with Gasteiger partial charge >= 0.3 is 0 Å². The summed E-state index contributed by atoms with van der Waals surface area (Å²) in [5.74, 6) is 1.02. The number of imidazole rings is 1. The van der Waals surface area contributed by atoms with E-state index in [1.807, 2.05) is 39.8 Å². The highest BCUT2D eigenvalue weighted by molar-refractivity contribution is 6.35. The van der Waals surface area contributed by atoms with Crippen LogP contribution in [-0.2, 0) is 6.54 Å². The zero-order valence-corrected chi connectivity index (χ0v) is 11.4. The number of aryl methyl sites for hydroxylation is 3. The maximum Gasteiger partial charge on any atom is 0.106 e. The molecule has 88 valence electrons. The maximum atomic E-state index is 6.26. The van der Waals surface area contributed by atoms with Crippen molar-refractivity contribution in [2.75, 3.05) is 0 Å². The third-order valence-corrected chi connectivity index (χ3v) is 3.02. The molecule has 0 radical (unpaired) electrons. The van der Waals surface area contributed by atoms with E-state index in [1.165, 1.54) is 0 Å². The van der Waals surface area contributed by atoms with E-state index in [4.69, 9.17) is 11.6 Å². The molecule has 0 saturated carbocycles. The van der Waals surface area contributed by atoms with Crippen molar-refractivity contribution in [1.82, 2.24) is 9.55 Å². The molecule has 0 fully saturated rings. The van der Waals surface area contributed by atoms with Crippen LogP contribution >= 0.6 is 11.6 Å². The Kier molecular flexibility index (Phi) is 4.36. The number of halogens is 1. The standard InChI is InChI=1S/C11H13ClN2.C2H6/c1-4-14-8(3)13-9-6-5-7(2)10(12)11(9)14;1-2/h5-6H,4H2,1-3H3;1-2H3. The van der Waals surface area contributed by atoms with E-state index < -0.39 is 0 Å². The quantitative estimate of drug-likeness (QED) is 0.722. The van der Waals surface area contributed by atoms with Gasteiger partial charge in [0.15, 0.2) is 0 Å². The fourth-order valence-corrected chi connectivity index (χ4v) is 2.05. The summed E-state index contributed by atoms with van der Waals surface area (Å²) in [5, 5.41) is 0.824. The van der Waals surface area contributed by atoms with Gasteiger partial charge in [0, 0.05) is 6.54 Å². The van der Waals surface area contributed by atoms with Gasteiger partial charge in [-0.25, -0.2) is 4.98 Å². The zero-order chi connectivity index (χ0) is 12.3. The minimum Gasteiger partial charge on any atom is -0.327 e. The molecule has 0 unspecified atom stereocenters. The Morgan fingerprint density at radius 2 is 1.88 bits per heavy atom. The molecule has 1 heterocycles. The first kappa shape index (κ1) is 13.0. The summed E-state index contributed by atoms with van der Waals surface area (Å²) in [6.45, 7) is 11.0. The van der Waals surface area contributed by atoms with Gasteiger partial charge < -0.3 is 4.57 Å². The summed E-state index contributed by atoms with van der Waals surface area (Å²) >= 11 is 6.26. The molecule has 2 rings (SSSR count). The van der Waals surface area contributed by atoms with Crippen LogP contribution in [0, 0.1) is 13.8 Å².